The summed E-state index contributed by atoms with van der Waals surface area (Å²) in [6, 6.07) is -0.665. The number of azide groups is 1. The molecule has 1 unspecified atom stereocenters. The number of ether oxygens (including phenoxy) is 1. The second-order valence-corrected chi connectivity index (χ2v) is 2.30. The van der Waals surface area contributed by atoms with Gasteiger partial charge in [-0.1, -0.05) is 19.0 Å². The molecule has 0 bridgehead atoms. The van der Waals surface area contributed by atoms with Crippen molar-refractivity contribution in [2.24, 2.45) is 5.11 Å². The topological polar surface area (TPSA) is 75.1 Å². The molecule has 0 aromatic heterocycles. The second kappa shape index (κ2) is 6.49. The molecule has 0 aliphatic heterocycles. The van der Waals surface area contributed by atoms with Crippen LogP contribution in [0.4, 0.5) is 0 Å². The summed E-state index contributed by atoms with van der Waals surface area (Å²) in [6.45, 7) is 4.06. The van der Waals surface area contributed by atoms with E-state index in [1.165, 1.54) is 0 Å². The number of nitrogens with zero attached hydrogens (tertiary/aromatic N) is 3. The van der Waals surface area contributed by atoms with Crippen LogP contribution in [-0.2, 0) is 9.53 Å². The van der Waals surface area contributed by atoms with Gasteiger partial charge >= 0.3 is 5.97 Å². The molecule has 0 aromatic carbocycles. The summed E-state index contributed by atoms with van der Waals surface area (Å²) in [4.78, 5) is 13.6. The first-order valence-corrected chi connectivity index (χ1v) is 3.97. The van der Waals surface area contributed by atoms with Crippen molar-refractivity contribution in [3.63, 3.8) is 0 Å². The van der Waals surface area contributed by atoms with Crippen molar-refractivity contribution in [3.05, 3.63) is 10.4 Å². The van der Waals surface area contributed by atoms with Crippen LogP contribution in [0.1, 0.15) is 26.7 Å². The van der Waals surface area contributed by atoms with Crippen molar-refractivity contribution in [1.29, 1.82) is 0 Å². The fourth-order valence-corrected chi connectivity index (χ4v) is 0.657. The first-order chi connectivity index (χ1) is 5.76. The predicted octanol–water partition coefficient (Wildman–Crippen LogP) is 2.03. The van der Waals surface area contributed by atoms with Crippen LogP contribution in [0.3, 0.4) is 0 Å². The van der Waals surface area contributed by atoms with Gasteiger partial charge in [0.05, 0.1) is 6.61 Å². The van der Waals surface area contributed by atoms with Gasteiger partial charge in [-0.15, -0.1) is 0 Å². The Bertz CT molecular complexity index is 187. The molecule has 0 rings (SSSR count). The first-order valence-electron chi connectivity index (χ1n) is 3.97. The van der Waals surface area contributed by atoms with E-state index in [-0.39, 0.29) is 0 Å². The Hall–Kier alpha value is -1.22. The van der Waals surface area contributed by atoms with Crippen LogP contribution in [0.25, 0.3) is 10.4 Å². The van der Waals surface area contributed by atoms with E-state index in [9.17, 15) is 4.79 Å². The van der Waals surface area contributed by atoms with Crippen molar-refractivity contribution in [3.8, 4) is 0 Å². The molecule has 5 nitrogen and oxygen atoms in total. The van der Waals surface area contributed by atoms with Gasteiger partial charge in [-0.05, 0) is 18.4 Å². The van der Waals surface area contributed by atoms with Crippen molar-refractivity contribution in [2.45, 2.75) is 32.7 Å². The van der Waals surface area contributed by atoms with Gasteiger partial charge in [-0.2, -0.15) is 0 Å². The molecule has 0 aromatic rings. The van der Waals surface area contributed by atoms with Crippen molar-refractivity contribution in [2.75, 3.05) is 6.61 Å². The second-order valence-electron chi connectivity index (χ2n) is 2.30. The van der Waals surface area contributed by atoms with Crippen LogP contribution in [0.15, 0.2) is 5.11 Å². The Labute approximate surface area is 71.3 Å². The zero-order valence-corrected chi connectivity index (χ0v) is 7.36. The van der Waals surface area contributed by atoms with Gasteiger partial charge in [-0.25, -0.2) is 0 Å². The Morgan fingerprint density at radius 1 is 1.67 bits per heavy atom. The zero-order valence-electron chi connectivity index (χ0n) is 7.36. The lowest BCUT2D eigenvalue weighted by atomic mass is 10.2. The number of hydrogen-bond acceptors (Lipinski definition) is 3. The smallest absolute Gasteiger partial charge is 0.314 e. The highest BCUT2D eigenvalue weighted by Gasteiger charge is 2.14. The van der Waals surface area contributed by atoms with Gasteiger partial charge in [-0.3, -0.25) is 4.79 Å². The van der Waals surface area contributed by atoms with Gasteiger partial charge in [0.2, 0.25) is 0 Å². The van der Waals surface area contributed by atoms with Gasteiger partial charge in [0.25, 0.3) is 0 Å². The number of hydrogen-bond donors (Lipinski definition) is 0. The number of carbonyl (C=O) groups is 1. The molecule has 0 heterocycles. The van der Waals surface area contributed by atoms with Crippen molar-refractivity contribution < 1.29 is 9.53 Å². The lowest BCUT2D eigenvalue weighted by molar-refractivity contribution is -0.145. The molecule has 0 spiro atoms. The lowest BCUT2D eigenvalue weighted by Gasteiger charge is -2.06. The van der Waals surface area contributed by atoms with Crippen LogP contribution in [0.2, 0.25) is 0 Å². The molecule has 0 saturated heterocycles. The average molecular weight is 171 g/mol. The molecule has 0 amide bonds. The van der Waals surface area contributed by atoms with Crippen LogP contribution < -0.4 is 0 Å². The molecule has 0 aliphatic carbocycles. The Morgan fingerprint density at radius 2 is 2.33 bits per heavy atom. The summed E-state index contributed by atoms with van der Waals surface area (Å²) in [5.74, 6) is -0.433. The summed E-state index contributed by atoms with van der Waals surface area (Å²) >= 11 is 0. The summed E-state index contributed by atoms with van der Waals surface area (Å²) in [6.07, 6.45) is 1.26. The minimum Gasteiger partial charge on any atom is -0.465 e. The Balaban J connectivity index is 3.94. The fourth-order valence-electron chi connectivity index (χ4n) is 0.657. The maximum absolute atomic E-state index is 11.0. The maximum Gasteiger partial charge on any atom is 0.314 e. The number of rotatable bonds is 5. The zero-order chi connectivity index (χ0) is 9.40. The Kier molecular flexibility index (Phi) is 5.83. The molecule has 0 radical (unpaired) electrons. The van der Waals surface area contributed by atoms with Crippen LogP contribution in [-0.4, -0.2) is 18.6 Å². The van der Waals surface area contributed by atoms with E-state index < -0.39 is 12.0 Å². The van der Waals surface area contributed by atoms with Gasteiger partial charge in [0.15, 0.2) is 0 Å². The third-order valence-corrected chi connectivity index (χ3v) is 1.30. The highest BCUT2D eigenvalue weighted by Crippen LogP contribution is 2.00. The van der Waals surface area contributed by atoms with Crippen LogP contribution in [0.5, 0.6) is 0 Å². The monoisotopic (exact) mass is 171 g/mol. The summed E-state index contributed by atoms with van der Waals surface area (Å²) in [5, 5.41) is 3.30. The average Bonchev–Trinajstić information content (AvgIpc) is 2.10. The summed E-state index contributed by atoms with van der Waals surface area (Å²) in [7, 11) is 0. The minimum atomic E-state index is -0.665. The van der Waals surface area contributed by atoms with Crippen LogP contribution >= 0.6 is 0 Å². The molecule has 12 heavy (non-hydrogen) atoms. The molecule has 0 N–H and O–H groups in total. The molecule has 0 saturated carbocycles. The molecule has 5 heteroatoms. The van der Waals surface area contributed by atoms with E-state index >= 15 is 0 Å². The normalized spacial score (nSPS) is 11.5. The summed E-state index contributed by atoms with van der Waals surface area (Å²) in [5.41, 5.74) is 8.09. The maximum atomic E-state index is 11.0. The fraction of sp³-hybridized carbons (Fsp3) is 0.857. The van der Waals surface area contributed by atoms with Gasteiger partial charge in [0.1, 0.15) is 6.04 Å². The molecule has 68 valence electrons. The predicted molar refractivity (Wildman–Crippen MR) is 44.5 cm³/mol. The Morgan fingerprint density at radius 3 is 2.75 bits per heavy atom. The highest BCUT2D eigenvalue weighted by molar-refractivity contribution is 5.75. The third-order valence-electron chi connectivity index (χ3n) is 1.30. The third kappa shape index (κ3) is 3.83. The van der Waals surface area contributed by atoms with E-state index in [1.807, 2.05) is 6.92 Å². The lowest BCUT2D eigenvalue weighted by Crippen LogP contribution is -2.20. The first kappa shape index (κ1) is 10.8. The molecule has 1 atom stereocenters. The van der Waals surface area contributed by atoms with Crippen molar-refractivity contribution in [1.82, 2.24) is 0 Å². The van der Waals surface area contributed by atoms with Crippen LogP contribution in [0, 0.1) is 0 Å². The highest BCUT2D eigenvalue weighted by atomic mass is 16.5. The number of carbonyl (C=O) groups excluding carboxylic acids is 1. The largest absolute Gasteiger partial charge is 0.465 e. The minimum absolute atomic E-state index is 0.385. The van der Waals surface area contributed by atoms with Gasteiger partial charge in [0, 0.05) is 4.91 Å². The molecule has 0 aliphatic rings. The number of esters is 1. The van der Waals surface area contributed by atoms with E-state index in [0.29, 0.717) is 13.0 Å². The standard InChI is InChI=1S/C7H13N3O2/c1-3-5-12-7(11)6(4-2)9-10-8/h6H,3-5H2,1-2H3. The molecule has 0 fully saturated rings. The van der Waals surface area contributed by atoms with E-state index in [0.717, 1.165) is 6.42 Å². The van der Waals surface area contributed by atoms with E-state index in [1.54, 1.807) is 6.92 Å². The quantitative estimate of drug-likeness (QED) is 0.274. The summed E-state index contributed by atoms with van der Waals surface area (Å²) < 4.78 is 4.79. The van der Waals surface area contributed by atoms with Crippen molar-refractivity contribution >= 4 is 5.97 Å². The molecular formula is C7H13N3O2. The SMILES string of the molecule is CCCOC(=O)C(CC)N=[N+]=[N-]. The van der Waals surface area contributed by atoms with E-state index in [4.69, 9.17) is 10.3 Å². The van der Waals surface area contributed by atoms with E-state index in [2.05, 4.69) is 10.0 Å². The molecular weight excluding hydrogens is 158 g/mol. The van der Waals surface area contributed by atoms with Gasteiger partial charge < -0.3 is 4.74 Å².